The molecule has 1 aliphatic rings. The summed E-state index contributed by atoms with van der Waals surface area (Å²) < 4.78 is 20.2. The van der Waals surface area contributed by atoms with Crippen molar-refractivity contribution in [3.8, 4) is 11.7 Å². The number of aromatic nitrogens is 6. The fourth-order valence-electron chi connectivity index (χ4n) is 2.67. The van der Waals surface area contributed by atoms with Crippen LogP contribution in [0, 0.1) is 5.95 Å². The highest BCUT2D eigenvalue weighted by Crippen LogP contribution is 2.25. The van der Waals surface area contributed by atoms with Crippen molar-refractivity contribution in [1.29, 1.82) is 0 Å². The van der Waals surface area contributed by atoms with E-state index in [4.69, 9.17) is 4.74 Å². The van der Waals surface area contributed by atoms with Crippen LogP contribution in [0.15, 0.2) is 30.7 Å². The maximum absolute atomic E-state index is 13.6. The van der Waals surface area contributed by atoms with Crippen molar-refractivity contribution in [1.82, 2.24) is 29.9 Å². The van der Waals surface area contributed by atoms with Crippen molar-refractivity contribution in [2.75, 3.05) is 18.6 Å². The average Bonchev–Trinajstić information content (AvgIpc) is 3.15. The summed E-state index contributed by atoms with van der Waals surface area (Å²) in [4.78, 5) is 14.8. The summed E-state index contributed by atoms with van der Waals surface area (Å²) in [6.07, 6.45) is 5.75. The van der Waals surface area contributed by atoms with Crippen LogP contribution < -0.4 is 9.64 Å². The Morgan fingerprint density at radius 2 is 2.17 bits per heavy atom. The van der Waals surface area contributed by atoms with Crippen LogP contribution in [0.1, 0.15) is 11.3 Å². The lowest BCUT2D eigenvalue weighted by Crippen LogP contribution is -2.32. The zero-order chi connectivity index (χ0) is 16.5. The zero-order valence-corrected chi connectivity index (χ0v) is 12.9. The van der Waals surface area contributed by atoms with Crippen molar-refractivity contribution in [3.05, 3.63) is 47.9 Å². The van der Waals surface area contributed by atoms with Gasteiger partial charge in [-0.1, -0.05) is 5.21 Å². The monoisotopic (exact) mass is 327 g/mol. The molecule has 0 saturated heterocycles. The van der Waals surface area contributed by atoms with Gasteiger partial charge in [0.15, 0.2) is 0 Å². The maximum Gasteiger partial charge on any atom is 0.252 e. The number of fused-ring (bicyclic) bond motifs is 1. The Balaban J connectivity index is 1.61. The molecule has 0 atom stereocenters. The average molecular weight is 327 g/mol. The second kappa shape index (κ2) is 5.84. The number of rotatable bonds is 3. The number of ether oxygens (including phenoxy) is 1. The fraction of sp³-hybridized carbons (Fsp3) is 0.267. The van der Waals surface area contributed by atoms with Gasteiger partial charge in [0.05, 0.1) is 25.2 Å². The van der Waals surface area contributed by atoms with E-state index in [0.717, 1.165) is 11.3 Å². The van der Waals surface area contributed by atoms with E-state index >= 15 is 0 Å². The van der Waals surface area contributed by atoms with Crippen LogP contribution in [-0.2, 0) is 13.0 Å². The molecule has 0 amide bonds. The smallest absolute Gasteiger partial charge is 0.252 e. The van der Waals surface area contributed by atoms with Crippen LogP contribution in [0.25, 0.3) is 5.95 Å². The van der Waals surface area contributed by atoms with Gasteiger partial charge in [0.25, 0.3) is 5.95 Å². The molecule has 0 N–H and O–H groups in total. The van der Waals surface area contributed by atoms with Crippen LogP contribution >= 0.6 is 0 Å². The number of halogens is 1. The molecule has 3 aromatic rings. The predicted octanol–water partition coefficient (Wildman–Crippen LogP) is 1.16. The lowest BCUT2D eigenvalue weighted by atomic mass is 10.1. The van der Waals surface area contributed by atoms with Gasteiger partial charge in [-0.05, 0) is 0 Å². The minimum atomic E-state index is -0.562. The third-order valence-corrected chi connectivity index (χ3v) is 3.86. The summed E-state index contributed by atoms with van der Waals surface area (Å²) in [5, 5.41) is 7.65. The molecule has 3 aromatic heterocycles. The third kappa shape index (κ3) is 2.64. The first-order chi connectivity index (χ1) is 11.7. The van der Waals surface area contributed by atoms with Gasteiger partial charge in [0, 0.05) is 43.4 Å². The van der Waals surface area contributed by atoms with Crippen molar-refractivity contribution >= 4 is 5.82 Å². The van der Waals surface area contributed by atoms with Crippen LogP contribution in [0.3, 0.4) is 0 Å². The molecule has 4 heterocycles. The highest BCUT2D eigenvalue weighted by molar-refractivity contribution is 5.46. The van der Waals surface area contributed by atoms with Crippen molar-refractivity contribution < 1.29 is 9.13 Å². The van der Waals surface area contributed by atoms with Gasteiger partial charge in [-0.3, -0.25) is 0 Å². The molecule has 0 aromatic carbocycles. The number of hydrogen-bond donors (Lipinski definition) is 0. The lowest BCUT2D eigenvalue weighted by Gasteiger charge is -2.29. The topological polar surface area (TPSA) is 81.9 Å². The molecule has 9 heteroatoms. The summed E-state index contributed by atoms with van der Waals surface area (Å²) in [7, 11) is 1.50. The maximum atomic E-state index is 13.6. The van der Waals surface area contributed by atoms with Crippen molar-refractivity contribution in [2.45, 2.75) is 13.0 Å². The van der Waals surface area contributed by atoms with Crippen LogP contribution in [0.5, 0.6) is 5.75 Å². The second-order valence-corrected chi connectivity index (χ2v) is 5.35. The first-order valence-corrected chi connectivity index (χ1v) is 7.41. The van der Waals surface area contributed by atoms with Crippen LogP contribution in [0.2, 0.25) is 0 Å². The van der Waals surface area contributed by atoms with Crippen LogP contribution in [0.4, 0.5) is 10.2 Å². The summed E-state index contributed by atoms with van der Waals surface area (Å²) in [5.74, 6) is 0.914. The van der Waals surface area contributed by atoms with E-state index in [1.807, 2.05) is 4.90 Å². The Labute approximate surface area is 136 Å². The largest absolute Gasteiger partial charge is 0.496 e. The van der Waals surface area contributed by atoms with Gasteiger partial charge in [-0.15, -0.1) is 5.10 Å². The normalized spacial score (nSPS) is 13.7. The summed E-state index contributed by atoms with van der Waals surface area (Å²) in [6.45, 7) is 1.24. The molecule has 24 heavy (non-hydrogen) atoms. The van der Waals surface area contributed by atoms with Gasteiger partial charge in [-0.2, -0.15) is 9.07 Å². The molecule has 4 rings (SSSR count). The van der Waals surface area contributed by atoms with E-state index in [9.17, 15) is 4.39 Å². The Bertz CT molecular complexity index is 868. The standard InChI is InChI=1S/C15H14FN7O/c1-24-11-6-13(16)20-14(7-11)22-4-2-12-10(9-22)8-17-15(19-12)23-5-3-18-21-23/h3,5-8H,2,4,9H2,1H3. The number of nitrogens with zero attached hydrogens (tertiary/aromatic N) is 7. The minimum Gasteiger partial charge on any atom is -0.496 e. The van der Waals surface area contributed by atoms with Gasteiger partial charge in [-0.25, -0.2) is 15.0 Å². The highest BCUT2D eigenvalue weighted by Gasteiger charge is 2.21. The SMILES string of the molecule is COc1cc(F)nc(N2CCc3nc(-n4ccnn4)ncc3C2)c1. The lowest BCUT2D eigenvalue weighted by molar-refractivity contribution is 0.408. The predicted molar refractivity (Wildman–Crippen MR) is 82.5 cm³/mol. The molecule has 122 valence electrons. The summed E-state index contributed by atoms with van der Waals surface area (Å²) >= 11 is 0. The summed E-state index contributed by atoms with van der Waals surface area (Å²) in [5.41, 5.74) is 1.94. The zero-order valence-electron chi connectivity index (χ0n) is 12.9. The first kappa shape index (κ1) is 14.5. The van der Waals surface area contributed by atoms with E-state index in [2.05, 4.69) is 25.3 Å². The van der Waals surface area contributed by atoms with Crippen molar-refractivity contribution in [3.63, 3.8) is 0 Å². The Morgan fingerprint density at radius 3 is 2.96 bits per heavy atom. The molecule has 0 saturated carbocycles. The number of hydrogen-bond acceptors (Lipinski definition) is 7. The molecule has 0 bridgehead atoms. The molecule has 1 aliphatic heterocycles. The van der Waals surface area contributed by atoms with Crippen molar-refractivity contribution in [2.24, 2.45) is 0 Å². The van der Waals surface area contributed by atoms with E-state index in [1.165, 1.54) is 17.9 Å². The van der Waals surface area contributed by atoms with E-state index in [-0.39, 0.29) is 0 Å². The minimum absolute atomic E-state index is 0.445. The van der Waals surface area contributed by atoms with E-state index < -0.39 is 5.95 Å². The molecular formula is C15H14FN7O. The Kier molecular flexibility index (Phi) is 3.52. The molecule has 0 fully saturated rings. The number of anilines is 1. The molecule has 0 unspecified atom stereocenters. The molecule has 0 spiro atoms. The van der Waals surface area contributed by atoms with E-state index in [0.29, 0.717) is 37.0 Å². The number of pyridine rings is 1. The summed E-state index contributed by atoms with van der Waals surface area (Å²) in [6, 6.07) is 2.98. The van der Waals surface area contributed by atoms with Gasteiger partial charge >= 0.3 is 0 Å². The van der Waals surface area contributed by atoms with Gasteiger partial charge in [0.2, 0.25) is 5.95 Å². The van der Waals surface area contributed by atoms with Crippen LogP contribution in [-0.4, -0.2) is 43.6 Å². The Hall–Kier alpha value is -3.10. The molecule has 0 radical (unpaired) electrons. The molecule has 8 nitrogen and oxygen atoms in total. The first-order valence-electron chi connectivity index (χ1n) is 7.41. The fourth-order valence-corrected chi connectivity index (χ4v) is 2.67. The molecule has 0 aliphatic carbocycles. The van der Waals surface area contributed by atoms with E-state index in [1.54, 1.807) is 24.7 Å². The molecular weight excluding hydrogens is 313 g/mol. The highest BCUT2D eigenvalue weighted by atomic mass is 19.1. The van der Waals surface area contributed by atoms with Gasteiger partial charge in [0.1, 0.15) is 11.6 Å². The third-order valence-electron chi connectivity index (χ3n) is 3.86. The quantitative estimate of drug-likeness (QED) is 0.668. The second-order valence-electron chi connectivity index (χ2n) is 5.35. The van der Waals surface area contributed by atoms with Gasteiger partial charge < -0.3 is 9.64 Å². The Morgan fingerprint density at radius 1 is 1.25 bits per heavy atom. The number of methoxy groups -OCH3 is 1.